The van der Waals surface area contributed by atoms with Gasteiger partial charge in [-0.05, 0) is 44.8 Å². The fourth-order valence-corrected chi connectivity index (χ4v) is 2.32. The standard InChI is InChI=1S/C12H24N2/c1-2-7-13-12-6-9-14(10-12)8-5-11-3-4-11/h11-13H,2-10H2,1H3. The Labute approximate surface area is 88.1 Å². The van der Waals surface area contributed by atoms with Crippen LogP contribution in [0.5, 0.6) is 0 Å². The molecule has 1 heterocycles. The normalized spacial score (nSPS) is 28.5. The lowest BCUT2D eigenvalue weighted by Gasteiger charge is -2.16. The molecular formula is C12H24N2. The quantitative estimate of drug-likeness (QED) is 0.697. The number of nitrogens with zero attached hydrogens (tertiary/aromatic N) is 1. The molecule has 1 aliphatic heterocycles. The summed E-state index contributed by atoms with van der Waals surface area (Å²) in [6, 6.07) is 0.786. The van der Waals surface area contributed by atoms with E-state index in [9.17, 15) is 0 Å². The van der Waals surface area contributed by atoms with Crippen molar-refractivity contribution in [1.82, 2.24) is 10.2 Å². The van der Waals surface area contributed by atoms with Crippen LogP contribution in [0.3, 0.4) is 0 Å². The Bertz CT molecular complexity index is 166. The van der Waals surface area contributed by atoms with Crippen LogP contribution in [0.15, 0.2) is 0 Å². The molecule has 0 bridgehead atoms. The van der Waals surface area contributed by atoms with Crippen LogP contribution in [0.25, 0.3) is 0 Å². The fourth-order valence-electron chi connectivity index (χ4n) is 2.32. The highest BCUT2D eigenvalue weighted by atomic mass is 15.2. The van der Waals surface area contributed by atoms with Gasteiger partial charge in [-0.25, -0.2) is 0 Å². The van der Waals surface area contributed by atoms with E-state index < -0.39 is 0 Å². The Balaban J connectivity index is 1.56. The highest BCUT2D eigenvalue weighted by Gasteiger charge is 2.25. The molecule has 2 nitrogen and oxygen atoms in total. The molecular weight excluding hydrogens is 172 g/mol. The molecule has 14 heavy (non-hydrogen) atoms. The molecule has 2 heteroatoms. The molecule has 2 rings (SSSR count). The van der Waals surface area contributed by atoms with Crippen molar-refractivity contribution in [2.24, 2.45) is 5.92 Å². The number of hydrogen-bond acceptors (Lipinski definition) is 2. The van der Waals surface area contributed by atoms with Gasteiger partial charge >= 0.3 is 0 Å². The summed E-state index contributed by atoms with van der Waals surface area (Å²) in [7, 11) is 0. The molecule has 0 spiro atoms. The Hall–Kier alpha value is -0.0800. The zero-order valence-electron chi connectivity index (χ0n) is 9.47. The summed E-state index contributed by atoms with van der Waals surface area (Å²) in [6.45, 7) is 7.42. The van der Waals surface area contributed by atoms with Crippen LogP contribution in [-0.2, 0) is 0 Å². The van der Waals surface area contributed by atoms with Crippen LogP contribution >= 0.6 is 0 Å². The van der Waals surface area contributed by atoms with Gasteiger partial charge in [-0.1, -0.05) is 19.8 Å². The van der Waals surface area contributed by atoms with Crippen LogP contribution in [-0.4, -0.2) is 37.1 Å². The zero-order valence-corrected chi connectivity index (χ0v) is 9.47. The summed E-state index contributed by atoms with van der Waals surface area (Å²) in [4.78, 5) is 2.64. The van der Waals surface area contributed by atoms with Gasteiger partial charge in [0.2, 0.25) is 0 Å². The van der Waals surface area contributed by atoms with E-state index in [1.165, 1.54) is 58.3 Å². The maximum absolute atomic E-state index is 3.62. The molecule has 1 N–H and O–H groups in total. The van der Waals surface area contributed by atoms with Crippen LogP contribution in [0.1, 0.15) is 39.0 Å². The first-order valence-electron chi connectivity index (χ1n) is 6.34. The first kappa shape index (κ1) is 10.4. The minimum Gasteiger partial charge on any atom is -0.313 e. The van der Waals surface area contributed by atoms with Gasteiger partial charge in [0, 0.05) is 12.6 Å². The molecule has 1 aliphatic carbocycles. The summed E-state index contributed by atoms with van der Waals surface area (Å²) >= 11 is 0. The lowest BCUT2D eigenvalue weighted by Crippen LogP contribution is -2.33. The van der Waals surface area contributed by atoms with Crippen molar-refractivity contribution >= 4 is 0 Å². The molecule has 0 aromatic heterocycles. The van der Waals surface area contributed by atoms with E-state index in [-0.39, 0.29) is 0 Å². The molecule has 1 atom stereocenters. The van der Waals surface area contributed by atoms with Gasteiger partial charge in [-0.2, -0.15) is 0 Å². The van der Waals surface area contributed by atoms with Gasteiger partial charge in [-0.3, -0.25) is 0 Å². The summed E-state index contributed by atoms with van der Waals surface area (Å²) in [5.74, 6) is 1.10. The third-order valence-corrected chi connectivity index (χ3v) is 3.51. The van der Waals surface area contributed by atoms with E-state index in [1.54, 1.807) is 0 Å². The number of hydrogen-bond donors (Lipinski definition) is 1. The van der Waals surface area contributed by atoms with Gasteiger partial charge < -0.3 is 10.2 Å². The molecule has 0 radical (unpaired) electrons. The SMILES string of the molecule is CCCNC1CCN(CCC2CC2)C1. The lowest BCUT2D eigenvalue weighted by atomic mass is 10.2. The van der Waals surface area contributed by atoms with Crippen molar-refractivity contribution in [3.8, 4) is 0 Å². The average molecular weight is 196 g/mol. The van der Waals surface area contributed by atoms with Gasteiger partial charge in [0.25, 0.3) is 0 Å². The maximum Gasteiger partial charge on any atom is 0.0207 e. The summed E-state index contributed by atoms with van der Waals surface area (Å²) in [5.41, 5.74) is 0. The molecule has 2 aliphatic rings. The molecule has 1 saturated heterocycles. The Morgan fingerprint density at radius 2 is 2.14 bits per heavy atom. The Morgan fingerprint density at radius 3 is 2.86 bits per heavy atom. The van der Waals surface area contributed by atoms with Gasteiger partial charge in [0.05, 0.1) is 0 Å². The molecule has 0 aromatic carbocycles. The molecule has 1 saturated carbocycles. The zero-order chi connectivity index (χ0) is 9.80. The number of rotatable bonds is 6. The van der Waals surface area contributed by atoms with Crippen LogP contribution in [0.2, 0.25) is 0 Å². The Morgan fingerprint density at radius 1 is 1.29 bits per heavy atom. The molecule has 0 amide bonds. The minimum atomic E-state index is 0.786. The third-order valence-electron chi connectivity index (χ3n) is 3.51. The molecule has 1 unspecified atom stereocenters. The summed E-state index contributed by atoms with van der Waals surface area (Å²) in [5, 5.41) is 3.62. The van der Waals surface area contributed by atoms with E-state index in [0.717, 1.165) is 12.0 Å². The summed E-state index contributed by atoms with van der Waals surface area (Å²) < 4.78 is 0. The first-order chi connectivity index (χ1) is 6.88. The summed E-state index contributed by atoms with van der Waals surface area (Å²) in [6.07, 6.45) is 7.10. The second kappa shape index (κ2) is 5.13. The largest absolute Gasteiger partial charge is 0.313 e. The Kier molecular flexibility index (Phi) is 3.82. The topological polar surface area (TPSA) is 15.3 Å². The van der Waals surface area contributed by atoms with Gasteiger partial charge in [0.1, 0.15) is 0 Å². The van der Waals surface area contributed by atoms with Crippen molar-refractivity contribution in [1.29, 1.82) is 0 Å². The highest BCUT2D eigenvalue weighted by Crippen LogP contribution is 2.32. The predicted molar refractivity (Wildman–Crippen MR) is 60.5 cm³/mol. The average Bonchev–Trinajstić information content (AvgIpc) is 2.92. The van der Waals surface area contributed by atoms with Crippen LogP contribution < -0.4 is 5.32 Å². The van der Waals surface area contributed by atoms with E-state index in [0.29, 0.717) is 0 Å². The first-order valence-corrected chi connectivity index (χ1v) is 6.34. The van der Waals surface area contributed by atoms with Crippen molar-refractivity contribution < 1.29 is 0 Å². The second-order valence-corrected chi connectivity index (χ2v) is 4.97. The minimum absolute atomic E-state index is 0.786. The van der Waals surface area contributed by atoms with Crippen molar-refractivity contribution in [2.45, 2.75) is 45.1 Å². The smallest absolute Gasteiger partial charge is 0.0207 e. The van der Waals surface area contributed by atoms with E-state index in [4.69, 9.17) is 0 Å². The lowest BCUT2D eigenvalue weighted by molar-refractivity contribution is 0.316. The molecule has 82 valence electrons. The van der Waals surface area contributed by atoms with Gasteiger partial charge in [0.15, 0.2) is 0 Å². The van der Waals surface area contributed by atoms with Crippen molar-refractivity contribution in [3.63, 3.8) is 0 Å². The molecule has 2 fully saturated rings. The predicted octanol–water partition coefficient (Wildman–Crippen LogP) is 1.86. The molecule has 0 aromatic rings. The highest BCUT2D eigenvalue weighted by molar-refractivity contribution is 4.82. The van der Waals surface area contributed by atoms with E-state index in [1.807, 2.05) is 0 Å². The maximum atomic E-state index is 3.62. The second-order valence-electron chi connectivity index (χ2n) is 4.97. The van der Waals surface area contributed by atoms with Crippen molar-refractivity contribution in [2.75, 3.05) is 26.2 Å². The van der Waals surface area contributed by atoms with Gasteiger partial charge in [-0.15, -0.1) is 0 Å². The van der Waals surface area contributed by atoms with Crippen LogP contribution in [0.4, 0.5) is 0 Å². The number of likely N-dealkylation sites (tertiary alicyclic amines) is 1. The monoisotopic (exact) mass is 196 g/mol. The number of nitrogens with one attached hydrogen (secondary N) is 1. The third kappa shape index (κ3) is 3.25. The van der Waals surface area contributed by atoms with Crippen molar-refractivity contribution in [3.05, 3.63) is 0 Å². The van der Waals surface area contributed by atoms with E-state index in [2.05, 4.69) is 17.1 Å². The van der Waals surface area contributed by atoms with E-state index >= 15 is 0 Å². The fraction of sp³-hybridized carbons (Fsp3) is 1.00. The van der Waals surface area contributed by atoms with Crippen LogP contribution in [0, 0.1) is 5.92 Å².